The largest absolute Gasteiger partial charge is 0.513 e. The SMILES string of the molecule is FC(F)(F)c1ccc2oc3c(-n4cccn4)[c-]ccc3c2c1.[Ir]. The predicted octanol–water partition coefficient (Wildman–Crippen LogP) is 4.59. The van der Waals surface area contributed by atoms with Crippen LogP contribution in [0, 0.1) is 6.07 Å². The van der Waals surface area contributed by atoms with Gasteiger partial charge in [0.25, 0.3) is 0 Å². The van der Waals surface area contributed by atoms with Gasteiger partial charge in [-0.25, -0.2) is 0 Å². The first-order valence-corrected chi connectivity index (χ1v) is 6.48. The van der Waals surface area contributed by atoms with Crippen molar-refractivity contribution in [2.75, 3.05) is 0 Å². The molecular formula is C16H8F3IrN2O-. The Morgan fingerprint density at radius 3 is 2.65 bits per heavy atom. The van der Waals surface area contributed by atoms with Crippen molar-refractivity contribution in [3.63, 3.8) is 0 Å². The van der Waals surface area contributed by atoms with Gasteiger partial charge in [0.15, 0.2) is 0 Å². The van der Waals surface area contributed by atoms with Crippen LogP contribution in [0.1, 0.15) is 5.56 Å². The molecule has 2 heterocycles. The zero-order valence-electron chi connectivity index (χ0n) is 11.4. The number of alkyl halides is 3. The first-order chi connectivity index (χ1) is 10.5. The summed E-state index contributed by atoms with van der Waals surface area (Å²) in [6.45, 7) is 0. The van der Waals surface area contributed by atoms with Crippen LogP contribution >= 0.6 is 0 Å². The maximum Gasteiger partial charge on any atom is 0.416 e. The Balaban J connectivity index is 0.00000156. The molecule has 0 fully saturated rings. The van der Waals surface area contributed by atoms with Gasteiger partial charge < -0.3 is 4.42 Å². The maximum atomic E-state index is 12.9. The number of fused-ring (bicyclic) bond motifs is 3. The molecule has 2 aromatic heterocycles. The third-order valence-electron chi connectivity index (χ3n) is 3.47. The van der Waals surface area contributed by atoms with Crippen LogP contribution in [0.2, 0.25) is 0 Å². The maximum absolute atomic E-state index is 12.9. The molecule has 2 aromatic carbocycles. The van der Waals surface area contributed by atoms with Crippen molar-refractivity contribution in [1.29, 1.82) is 0 Å². The zero-order valence-corrected chi connectivity index (χ0v) is 13.8. The van der Waals surface area contributed by atoms with Crippen molar-refractivity contribution in [3.05, 3.63) is 60.4 Å². The molecule has 4 rings (SSSR count). The summed E-state index contributed by atoms with van der Waals surface area (Å²) in [4.78, 5) is 0. The number of nitrogens with zero attached hydrogens (tertiary/aromatic N) is 2. The number of hydrogen-bond acceptors (Lipinski definition) is 2. The van der Waals surface area contributed by atoms with E-state index in [9.17, 15) is 13.2 Å². The van der Waals surface area contributed by atoms with E-state index in [0.29, 0.717) is 27.6 Å². The Labute approximate surface area is 142 Å². The van der Waals surface area contributed by atoms with E-state index in [-0.39, 0.29) is 20.1 Å². The van der Waals surface area contributed by atoms with Gasteiger partial charge in [-0.15, -0.1) is 0 Å². The minimum absolute atomic E-state index is 0. The molecule has 7 heteroatoms. The molecule has 119 valence electrons. The van der Waals surface area contributed by atoms with Crippen LogP contribution in [0.5, 0.6) is 0 Å². The van der Waals surface area contributed by atoms with E-state index in [0.717, 1.165) is 12.1 Å². The summed E-state index contributed by atoms with van der Waals surface area (Å²) < 4.78 is 45.9. The monoisotopic (exact) mass is 494 g/mol. The van der Waals surface area contributed by atoms with Gasteiger partial charge in [-0.3, -0.25) is 4.68 Å². The van der Waals surface area contributed by atoms with E-state index in [1.165, 1.54) is 6.07 Å². The van der Waals surface area contributed by atoms with Crippen molar-refractivity contribution in [1.82, 2.24) is 9.78 Å². The van der Waals surface area contributed by atoms with Crippen LogP contribution in [-0.2, 0) is 26.3 Å². The van der Waals surface area contributed by atoms with Crippen molar-refractivity contribution < 1.29 is 37.7 Å². The van der Waals surface area contributed by atoms with Crippen LogP contribution < -0.4 is 0 Å². The second-order valence-electron chi connectivity index (χ2n) is 4.83. The number of aromatic nitrogens is 2. The average Bonchev–Trinajstić information content (AvgIpc) is 3.12. The molecule has 3 nitrogen and oxygen atoms in total. The molecule has 0 amide bonds. The molecule has 0 aliphatic heterocycles. The number of hydrogen-bond donors (Lipinski definition) is 0. The topological polar surface area (TPSA) is 31.0 Å². The molecule has 23 heavy (non-hydrogen) atoms. The Kier molecular flexibility index (Phi) is 3.78. The molecule has 0 aliphatic rings. The van der Waals surface area contributed by atoms with E-state index in [2.05, 4.69) is 11.2 Å². The summed E-state index contributed by atoms with van der Waals surface area (Å²) in [6.07, 6.45) is -1.06. The van der Waals surface area contributed by atoms with Crippen molar-refractivity contribution in [3.8, 4) is 5.69 Å². The van der Waals surface area contributed by atoms with Gasteiger partial charge in [0.1, 0.15) is 5.58 Å². The number of furan rings is 1. The second kappa shape index (κ2) is 5.51. The normalized spacial score (nSPS) is 11.8. The quantitative estimate of drug-likeness (QED) is 0.364. The molecule has 0 N–H and O–H groups in total. The van der Waals surface area contributed by atoms with E-state index >= 15 is 0 Å². The molecule has 0 saturated carbocycles. The molecule has 0 unspecified atom stereocenters. The van der Waals surface area contributed by atoms with Crippen LogP contribution in [-0.4, -0.2) is 9.78 Å². The molecule has 4 aromatic rings. The molecule has 0 aliphatic carbocycles. The van der Waals surface area contributed by atoms with E-state index in [1.807, 2.05) is 0 Å². The van der Waals surface area contributed by atoms with Crippen LogP contribution in [0.25, 0.3) is 27.6 Å². The van der Waals surface area contributed by atoms with Crippen LogP contribution in [0.4, 0.5) is 13.2 Å². The summed E-state index contributed by atoms with van der Waals surface area (Å²) >= 11 is 0. The molecule has 0 atom stereocenters. The Hall–Kier alpha value is -2.11. The first-order valence-electron chi connectivity index (χ1n) is 6.48. The third-order valence-corrected chi connectivity index (χ3v) is 3.47. The Bertz CT molecular complexity index is 974. The standard InChI is InChI=1S/C16H8F3N2O.Ir/c17-16(18,19)10-5-6-14-12(9-10)11-3-1-4-13(15(11)22-14)21-8-2-7-20-21;/h1-3,5-9H;/q-1;. The van der Waals surface area contributed by atoms with E-state index in [4.69, 9.17) is 4.42 Å². The molecule has 0 spiro atoms. The summed E-state index contributed by atoms with van der Waals surface area (Å²) in [7, 11) is 0. The van der Waals surface area contributed by atoms with Gasteiger partial charge in [0.2, 0.25) is 0 Å². The molecule has 0 saturated heterocycles. The second-order valence-corrected chi connectivity index (χ2v) is 4.83. The summed E-state index contributed by atoms with van der Waals surface area (Å²) in [6, 6.07) is 11.5. The van der Waals surface area contributed by atoms with E-state index < -0.39 is 11.7 Å². The average molecular weight is 493 g/mol. The van der Waals surface area contributed by atoms with E-state index in [1.54, 1.807) is 35.3 Å². The zero-order chi connectivity index (χ0) is 15.3. The Morgan fingerprint density at radius 1 is 1.13 bits per heavy atom. The van der Waals surface area contributed by atoms with Gasteiger partial charge in [-0.1, -0.05) is 5.39 Å². The summed E-state index contributed by atoms with van der Waals surface area (Å²) in [5.74, 6) is 0. The molecule has 1 radical (unpaired) electrons. The van der Waals surface area contributed by atoms with Gasteiger partial charge in [-0.2, -0.15) is 36.5 Å². The predicted molar refractivity (Wildman–Crippen MR) is 74.7 cm³/mol. The summed E-state index contributed by atoms with van der Waals surface area (Å²) in [5, 5.41) is 5.13. The minimum Gasteiger partial charge on any atom is -0.513 e. The third kappa shape index (κ3) is 2.56. The number of benzene rings is 2. The van der Waals surface area contributed by atoms with Crippen LogP contribution in [0.3, 0.4) is 0 Å². The van der Waals surface area contributed by atoms with Crippen molar-refractivity contribution in [2.24, 2.45) is 0 Å². The Morgan fingerprint density at radius 2 is 1.96 bits per heavy atom. The number of halogens is 3. The fourth-order valence-corrected chi connectivity index (χ4v) is 2.48. The summed E-state index contributed by atoms with van der Waals surface area (Å²) in [5.41, 5.74) is 0.722. The first kappa shape index (κ1) is 15.8. The minimum atomic E-state index is -4.39. The van der Waals surface area contributed by atoms with Gasteiger partial charge in [-0.05, 0) is 30.0 Å². The molecule has 0 bridgehead atoms. The van der Waals surface area contributed by atoms with Gasteiger partial charge in [0.05, 0.1) is 5.56 Å². The van der Waals surface area contributed by atoms with Gasteiger partial charge in [0, 0.05) is 43.5 Å². The smallest absolute Gasteiger partial charge is 0.416 e. The fraction of sp³-hybridized carbons (Fsp3) is 0.0625. The van der Waals surface area contributed by atoms with Gasteiger partial charge >= 0.3 is 6.18 Å². The van der Waals surface area contributed by atoms with Crippen LogP contribution in [0.15, 0.2) is 53.2 Å². The molecular weight excluding hydrogens is 485 g/mol. The van der Waals surface area contributed by atoms with Crippen molar-refractivity contribution in [2.45, 2.75) is 6.18 Å². The number of rotatable bonds is 1. The fourth-order valence-electron chi connectivity index (χ4n) is 2.48. The van der Waals surface area contributed by atoms with Crippen molar-refractivity contribution >= 4 is 21.9 Å².